The third kappa shape index (κ3) is 4.53. The topological polar surface area (TPSA) is 54.9 Å². The van der Waals surface area contributed by atoms with E-state index in [-0.39, 0.29) is 17.9 Å². The third-order valence-corrected chi connectivity index (χ3v) is 6.10. The van der Waals surface area contributed by atoms with Crippen LogP contribution in [0.4, 0.5) is 5.82 Å². The zero-order valence-electron chi connectivity index (χ0n) is 18.4. The number of rotatable bonds is 7. The molecule has 1 amide bonds. The van der Waals surface area contributed by atoms with Crippen molar-refractivity contribution in [3.63, 3.8) is 0 Å². The Labute approximate surface area is 179 Å². The normalized spacial score (nSPS) is 19.1. The highest BCUT2D eigenvalue weighted by Crippen LogP contribution is 2.30. The second kappa shape index (κ2) is 9.21. The molecule has 0 radical (unpaired) electrons. The van der Waals surface area contributed by atoms with Gasteiger partial charge in [0.05, 0.1) is 18.7 Å². The highest BCUT2D eigenvalue weighted by molar-refractivity contribution is 5.84. The summed E-state index contributed by atoms with van der Waals surface area (Å²) in [7, 11) is 1.68. The fraction of sp³-hybridized carbons (Fsp3) is 0.583. The lowest BCUT2D eigenvalue weighted by atomic mass is 10.1. The molecule has 1 atom stereocenters. The fourth-order valence-electron chi connectivity index (χ4n) is 4.46. The number of aromatic nitrogens is 1. The van der Waals surface area contributed by atoms with E-state index in [4.69, 9.17) is 14.5 Å². The van der Waals surface area contributed by atoms with E-state index in [1.807, 2.05) is 36.9 Å². The Balaban J connectivity index is 1.70. The van der Waals surface area contributed by atoms with Crippen molar-refractivity contribution >= 4 is 22.6 Å². The first-order valence-electron chi connectivity index (χ1n) is 11.2. The largest absolute Gasteiger partial charge is 0.497 e. The molecule has 0 saturated carbocycles. The molecule has 1 aromatic heterocycles. The fourth-order valence-corrected chi connectivity index (χ4v) is 4.46. The molecule has 2 saturated heterocycles. The number of methoxy groups -OCH3 is 1. The third-order valence-electron chi connectivity index (χ3n) is 6.10. The van der Waals surface area contributed by atoms with Crippen molar-refractivity contribution in [2.75, 3.05) is 38.3 Å². The van der Waals surface area contributed by atoms with Crippen LogP contribution >= 0.6 is 0 Å². The van der Waals surface area contributed by atoms with E-state index in [2.05, 4.69) is 11.0 Å². The average Bonchev–Trinajstić information content (AvgIpc) is 3.46. The summed E-state index contributed by atoms with van der Waals surface area (Å²) >= 11 is 0. The number of pyridine rings is 1. The van der Waals surface area contributed by atoms with Crippen molar-refractivity contribution in [3.8, 4) is 5.75 Å². The molecule has 6 nitrogen and oxygen atoms in total. The number of hydrogen-bond acceptors (Lipinski definition) is 5. The van der Waals surface area contributed by atoms with Crippen molar-refractivity contribution in [2.45, 2.75) is 52.2 Å². The lowest BCUT2D eigenvalue weighted by molar-refractivity contribution is -0.136. The smallest absolute Gasteiger partial charge is 0.225 e. The predicted octanol–water partition coefficient (Wildman–Crippen LogP) is 4.01. The Morgan fingerprint density at radius 3 is 2.73 bits per heavy atom. The highest BCUT2D eigenvalue weighted by Gasteiger charge is 2.27. The van der Waals surface area contributed by atoms with Gasteiger partial charge >= 0.3 is 0 Å². The SMILES string of the molecule is COc1ccc2cc(CN(C[C@H]3CCCO3)C(=O)C(C)C)c(N3CCCC3)nc2c1. The van der Waals surface area contributed by atoms with E-state index in [1.165, 1.54) is 12.8 Å². The summed E-state index contributed by atoms with van der Waals surface area (Å²) in [5, 5.41) is 1.07. The Morgan fingerprint density at radius 2 is 2.07 bits per heavy atom. The first-order valence-corrected chi connectivity index (χ1v) is 11.2. The maximum Gasteiger partial charge on any atom is 0.225 e. The van der Waals surface area contributed by atoms with Crippen molar-refractivity contribution in [1.82, 2.24) is 9.88 Å². The number of ether oxygens (including phenoxy) is 2. The molecule has 30 heavy (non-hydrogen) atoms. The molecule has 0 bridgehead atoms. The number of anilines is 1. The molecule has 162 valence electrons. The van der Waals surface area contributed by atoms with Gasteiger partial charge in [-0.3, -0.25) is 4.79 Å². The van der Waals surface area contributed by atoms with Crippen LogP contribution in [0.3, 0.4) is 0 Å². The Morgan fingerprint density at radius 1 is 1.27 bits per heavy atom. The van der Waals surface area contributed by atoms with E-state index in [0.29, 0.717) is 13.1 Å². The summed E-state index contributed by atoms with van der Waals surface area (Å²) < 4.78 is 11.2. The van der Waals surface area contributed by atoms with Gasteiger partial charge in [0.1, 0.15) is 11.6 Å². The average molecular weight is 412 g/mol. The second-order valence-electron chi connectivity index (χ2n) is 8.73. The summed E-state index contributed by atoms with van der Waals surface area (Å²) in [6, 6.07) is 8.20. The maximum absolute atomic E-state index is 13.0. The van der Waals surface area contributed by atoms with Crippen molar-refractivity contribution in [2.24, 2.45) is 5.92 Å². The van der Waals surface area contributed by atoms with Gasteiger partial charge in [0, 0.05) is 55.7 Å². The van der Waals surface area contributed by atoms with Gasteiger partial charge in [-0.25, -0.2) is 4.98 Å². The molecule has 2 aliphatic heterocycles. The van der Waals surface area contributed by atoms with Gasteiger partial charge < -0.3 is 19.3 Å². The van der Waals surface area contributed by atoms with Crippen molar-refractivity contribution < 1.29 is 14.3 Å². The van der Waals surface area contributed by atoms with Crippen molar-refractivity contribution in [3.05, 3.63) is 29.8 Å². The zero-order chi connectivity index (χ0) is 21.1. The Hall–Kier alpha value is -2.34. The number of benzene rings is 1. The van der Waals surface area contributed by atoms with Crippen LogP contribution in [0.2, 0.25) is 0 Å². The summed E-state index contributed by atoms with van der Waals surface area (Å²) in [5.74, 6) is 1.94. The molecule has 0 N–H and O–H groups in total. The van der Waals surface area contributed by atoms with Crippen LogP contribution < -0.4 is 9.64 Å². The van der Waals surface area contributed by atoms with E-state index in [0.717, 1.165) is 60.6 Å². The van der Waals surface area contributed by atoms with Gasteiger partial charge in [0.2, 0.25) is 5.91 Å². The quantitative estimate of drug-likeness (QED) is 0.689. The van der Waals surface area contributed by atoms with Crippen LogP contribution in [0.1, 0.15) is 45.1 Å². The summed E-state index contributed by atoms with van der Waals surface area (Å²) in [4.78, 5) is 22.4. The monoisotopic (exact) mass is 411 g/mol. The van der Waals surface area contributed by atoms with Crippen LogP contribution in [-0.2, 0) is 16.1 Å². The molecule has 2 aliphatic rings. The number of amides is 1. The van der Waals surface area contributed by atoms with E-state index >= 15 is 0 Å². The predicted molar refractivity (Wildman–Crippen MR) is 119 cm³/mol. The molecule has 2 aromatic rings. The Bertz CT molecular complexity index is 887. The summed E-state index contributed by atoms with van der Waals surface area (Å²) in [6.07, 6.45) is 4.60. The highest BCUT2D eigenvalue weighted by atomic mass is 16.5. The lowest BCUT2D eigenvalue weighted by Gasteiger charge is -2.29. The summed E-state index contributed by atoms with van der Waals surface area (Å²) in [6.45, 7) is 7.98. The van der Waals surface area contributed by atoms with Gasteiger partial charge in [-0.15, -0.1) is 0 Å². The molecule has 0 unspecified atom stereocenters. The van der Waals surface area contributed by atoms with Crippen LogP contribution in [0.5, 0.6) is 5.75 Å². The zero-order valence-corrected chi connectivity index (χ0v) is 18.4. The first kappa shape index (κ1) is 20.9. The molecule has 4 rings (SSSR count). The molecule has 3 heterocycles. The van der Waals surface area contributed by atoms with E-state index in [9.17, 15) is 4.79 Å². The molecule has 0 spiro atoms. The number of nitrogens with zero attached hydrogens (tertiary/aromatic N) is 3. The molecule has 0 aliphatic carbocycles. The van der Waals surface area contributed by atoms with Gasteiger partial charge in [-0.1, -0.05) is 13.8 Å². The molecular formula is C24H33N3O3. The van der Waals surface area contributed by atoms with E-state index < -0.39 is 0 Å². The number of carbonyl (C=O) groups excluding carboxylic acids is 1. The standard InChI is InChI=1S/C24H33N3O3/c1-17(2)24(28)27(16-21-7-6-12-30-21)15-19-13-18-8-9-20(29-3)14-22(18)25-23(19)26-10-4-5-11-26/h8-9,13-14,17,21H,4-7,10-12,15-16H2,1-3H3/t21-/m1/s1. The van der Waals surface area contributed by atoms with Gasteiger partial charge in [0.15, 0.2) is 0 Å². The van der Waals surface area contributed by atoms with Crippen molar-refractivity contribution in [1.29, 1.82) is 0 Å². The number of fused-ring (bicyclic) bond motifs is 1. The first-order chi connectivity index (χ1) is 14.5. The van der Waals surface area contributed by atoms with Crippen LogP contribution in [0.25, 0.3) is 10.9 Å². The van der Waals surface area contributed by atoms with Gasteiger partial charge in [-0.2, -0.15) is 0 Å². The van der Waals surface area contributed by atoms with E-state index in [1.54, 1.807) is 7.11 Å². The minimum absolute atomic E-state index is 0.0423. The maximum atomic E-state index is 13.0. The van der Waals surface area contributed by atoms with Gasteiger partial charge in [0.25, 0.3) is 0 Å². The molecule has 6 heteroatoms. The Kier molecular flexibility index (Phi) is 6.42. The van der Waals surface area contributed by atoms with Gasteiger partial charge in [-0.05, 0) is 43.9 Å². The molecule has 2 fully saturated rings. The number of hydrogen-bond donors (Lipinski definition) is 0. The van der Waals surface area contributed by atoms with Crippen LogP contribution in [-0.4, -0.2) is 55.2 Å². The molecule has 1 aromatic carbocycles. The van der Waals surface area contributed by atoms with Crippen LogP contribution in [0.15, 0.2) is 24.3 Å². The minimum Gasteiger partial charge on any atom is -0.497 e. The lowest BCUT2D eigenvalue weighted by Crippen LogP contribution is -2.39. The van der Waals surface area contributed by atoms with Crippen LogP contribution in [0, 0.1) is 5.92 Å². The number of carbonyl (C=O) groups is 1. The molecular weight excluding hydrogens is 378 g/mol. The minimum atomic E-state index is -0.0423. The second-order valence-corrected chi connectivity index (χ2v) is 8.73. The summed E-state index contributed by atoms with van der Waals surface area (Å²) in [5.41, 5.74) is 2.04.